The quantitative estimate of drug-likeness (QED) is 0.828. The molecule has 2 rings (SSSR count). The maximum Gasteiger partial charge on any atom is 0.189 e. The monoisotopic (exact) mass is 216 g/mol. The van der Waals surface area contributed by atoms with Gasteiger partial charge < -0.3 is 10.3 Å². The largest absolute Gasteiger partial charge is 0.346 e. The first kappa shape index (κ1) is 10.9. The number of pyridine rings is 1. The Morgan fingerprint density at radius 2 is 2.06 bits per heavy atom. The zero-order valence-corrected chi connectivity index (χ0v) is 9.66. The van der Waals surface area contributed by atoms with Crippen molar-refractivity contribution in [2.45, 2.75) is 20.4 Å². The Bertz CT molecular complexity index is 584. The van der Waals surface area contributed by atoms with Crippen LogP contribution in [0.15, 0.2) is 29.2 Å². The summed E-state index contributed by atoms with van der Waals surface area (Å²) in [5.74, 6) is 0. The van der Waals surface area contributed by atoms with Crippen LogP contribution in [0.5, 0.6) is 0 Å². The number of aromatic nitrogens is 1. The molecule has 0 saturated carbocycles. The standard InChI is InChI=1S/C13H16N2O/c1-9-7-10(2)13-11(8-9)15(6-4-14)5-3-12(13)16/h3,5,7-8H,4,6,14H2,1-2H3. The van der Waals surface area contributed by atoms with Crippen molar-refractivity contribution in [3.63, 3.8) is 0 Å². The fraction of sp³-hybridized carbons (Fsp3) is 0.308. The van der Waals surface area contributed by atoms with E-state index < -0.39 is 0 Å². The van der Waals surface area contributed by atoms with Gasteiger partial charge in [0.25, 0.3) is 0 Å². The highest BCUT2D eigenvalue weighted by atomic mass is 16.1. The molecule has 0 saturated heterocycles. The minimum absolute atomic E-state index is 0.0840. The van der Waals surface area contributed by atoms with Gasteiger partial charge in [-0.05, 0) is 31.0 Å². The molecular weight excluding hydrogens is 200 g/mol. The van der Waals surface area contributed by atoms with Crippen LogP contribution in [-0.4, -0.2) is 11.1 Å². The van der Waals surface area contributed by atoms with Gasteiger partial charge in [-0.25, -0.2) is 0 Å². The summed E-state index contributed by atoms with van der Waals surface area (Å²) < 4.78 is 2.04. The van der Waals surface area contributed by atoms with Crippen LogP contribution in [0.2, 0.25) is 0 Å². The van der Waals surface area contributed by atoms with Crippen molar-refractivity contribution in [2.24, 2.45) is 5.73 Å². The number of hydrogen-bond donors (Lipinski definition) is 1. The van der Waals surface area contributed by atoms with Crippen LogP contribution in [-0.2, 0) is 6.54 Å². The number of nitrogens with zero attached hydrogens (tertiary/aromatic N) is 1. The molecule has 3 heteroatoms. The second-order valence-corrected chi connectivity index (χ2v) is 4.14. The fourth-order valence-electron chi connectivity index (χ4n) is 2.15. The van der Waals surface area contributed by atoms with E-state index in [2.05, 4.69) is 0 Å². The van der Waals surface area contributed by atoms with Crippen molar-refractivity contribution in [3.8, 4) is 0 Å². The van der Waals surface area contributed by atoms with Gasteiger partial charge in [-0.3, -0.25) is 4.79 Å². The first-order valence-corrected chi connectivity index (χ1v) is 5.44. The van der Waals surface area contributed by atoms with E-state index in [4.69, 9.17) is 5.73 Å². The first-order chi connectivity index (χ1) is 7.63. The molecule has 1 aromatic heterocycles. The van der Waals surface area contributed by atoms with Gasteiger partial charge in [-0.1, -0.05) is 6.07 Å². The first-order valence-electron chi connectivity index (χ1n) is 5.44. The molecule has 2 aromatic rings. The minimum atomic E-state index is 0.0840. The number of hydrogen-bond acceptors (Lipinski definition) is 2. The van der Waals surface area contributed by atoms with Crippen molar-refractivity contribution in [3.05, 3.63) is 45.7 Å². The Hall–Kier alpha value is -1.61. The molecule has 0 atom stereocenters. The Kier molecular flexibility index (Phi) is 2.79. The van der Waals surface area contributed by atoms with Crippen LogP contribution in [0.3, 0.4) is 0 Å². The Labute approximate surface area is 94.5 Å². The zero-order chi connectivity index (χ0) is 11.7. The topological polar surface area (TPSA) is 48.0 Å². The SMILES string of the molecule is Cc1cc(C)c2c(=O)ccn(CCN)c2c1. The van der Waals surface area contributed by atoms with Crippen LogP contribution in [0.25, 0.3) is 10.9 Å². The molecule has 0 unspecified atom stereocenters. The number of nitrogens with two attached hydrogens (primary N) is 1. The number of fused-ring (bicyclic) bond motifs is 1. The molecular formula is C13H16N2O. The van der Waals surface area contributed by atoms with Crippen LogP contribution in [0, 0.1) is 13.8 Å². The maximum atomic E-state index is 11.8. The molecule has 1 heterocycles. The van der Waals surface area contributed by atoms with Gasteiger partial charge in [0, 0.05) is 30.7 Å². The highest BCUT2D eigenvalue weighted by Gasteiger charge is 2.05. The molecule has 0 aliphatic carbocycles. The van der Waals surface area contributed by atoms with Crippen molar-refractivity contribution >= 4 is 10.9 Å². The highest BCUT2D eigenvalue weighted by molar-refractivity contribution is 5.83. The molecule has 2 N–H and O–H groups in total. The predicted octanol–water partition coefficient (Wildman–Crippen LogP) is 1.58. The van der Waals surface area contributed by atoms with Crippen LogP contribution < -0.4 is 11.2 Å². The molecule has 3 nitrogen and oxygen atoms in total. The summed E-state index contributed by atoms with van der Waals surface area (Å²) in [6, 6.07) is 5.69. The van der Waals surface area contributed by atoms with Gasteiger partial charge in [0.1, 0.15) is 0 Å². The lowest BCUT2D eigenvalue weighted by atomic mass is 10.1. The van der Waals surface area contributed by atoms with Gasteiger partial charge in [0.2, 0.25) is 0 Å². The van der Waals surface area contributed by atoms with E-state index in [1.807, 2.05) is 36.7 Å². The summed E-state index contributed by atoms with van der Waals surface area (Å²) >= 11 is 0. The van der Waals surface area contributed by atoms with Crippen LogP contribution in [0.1, 0.15) is 11.1 Å². The molecule has 84 valence electrons. The Morgan fingerprint density at radius 3 is 2.75 bits per heavy atom. The number of benzene rings is 1. The molecule has 0 radical (unpaired) electrons. The predicted molar refractivity (Wildman–Crippen MR) is 66.7 cm³/mol. The molecule has 0 amide bonds. The van der Waals surface area contributed by atoms with Crippen molar-refractivity contribution in [1.82, 2.24) is 4.57 Å². The molecule has 16 heavy (non-hydrogen) atoms. The summed E-state index contributed by atoms with van der Waals surface area (Å²) in [4.78, 5) is 11.8. The average molecular weight is 216 g/mol. The molecule has 0 aliphatic heterocycles. The van der Waals surface area contributed by atoms with Crippen molar-refractivity contribution in [1.29, 1.82) is 0 Å². The summed E-state index contributed by atoms with van der Waals surface area (Å²) in [6.07, 6.45) is 1.82. The van der Waals surface area contributed by atoms with Crippen molar-refractivity contribution in [2.75, 3.05) is 6.54 Å². The van der Waals surface area contributed by atoms with E-state index in [0.29, 0.717) is 6.54 Å². The third-order valence-corrected chi connectivity index (χ3v) is 2.79. The summed E-state index contributed by atoms with van der Waals surface area (Å²) in [6.45, 7) is 5.32. The van der Waals surface area contributed by atoms with Gasteiger partial charge in [0.05, 0.1) is 5.52 Å². The maximum absolute atomic E-state index is 11.8. The van der Waals surface area contributed by atoms with Crippen LogP contribution in [0.4, 0.5) is 0 Å². The fourth-order valence-corrected chi connectivity index (χ4v) is 2.15. The second kappa shape index (κ2) is 4.10. The Balaban J connectivity index is 2.86. The average Bonchev–Trinajstić information content (AvgIpc) is 2.21. The summed E-state index contributed by atoms with van der Waals surface area (Å²) in [7, 11) is 0. The van der Waals surface area contributed by atoms with E-state index in [-0.39, 0.29) is 5.43 Å². The summed E-state index contributed by atoms with van der Waals surface area (Å²) in [5.41, 5.74) is 8.83. The van der Waals surface area contributed by atoms with Gasteiger partial charge in [-0.2, -0.15) is 0 Å². The lowest BCUT2D eigenvalue weighted by Crippen LogP contribution is -2.14. The number of rotatable bonds is 2. The third-order valence-electron chi connectivity index (χ3n) is 2.79. The second-order valence-electron chi connectivity index (χ2n) is 4.14. The van der Waals surface area contributed by atoms with Crippen LogP contribution >= 0.6 is 0 Å². The van der Waals surface area contributed by atoms with E-state index in [1.54, 1.807) is 6.07 Å². The third kappa shape index (κ3) is 1.74. The summed E-state index contributed by atoms with van der Waals surface area (Å²) in [5, 5.41) is 0.807. The van der Waals surface area contributed by atoms with Crippen molar-refractivity contribution < 1.29 is 0 Å². The van der Waals surface area contributed by atoms with Gasteiger partial charge in [0.15, 0.2) is 5.43 Å². The normalized spacial score (nSPS) is 10.9. The molecule has 1 aromatic carbocycles. The van der Waals surface area contributed by atoms with E-state index in [0.717, 1.165) is 23.0 Å². The molecule has 0 fully saturated rings. The van der Waals surface area contributed by atoms with Gasteiger partial charge >= 0.3 is 0 Å². The lowest BCUT2D eigenvalue weighted by molar-refractivity contribution is 0.728. The zero-order valence-electron chi connectivity index (χ0n) is 9.66. The number of aryl methyl sites for hydroxylation is 2. The Morgan fingerprint density at radius 1 is 1.31 bits per heavy atom. The molecule has 0 spiro atoms. The van der Waals surface area contributed by atoms with E-state index >= 15 is 0 Å². The van der Waals surface area contributed by atoms with E-state index in [1.165, 1.54) is 5.56 Å². The van der Waals surface area contributed by atoms with Gasteiger partial charge in [-0.15, -0.1) is 0 Å². The van der Waals surface area contributed by atoms with E-state index in [9.17, 15) is 4.79 Å². The minimum Gasteiger partial charge on any atom is -0.346 e. The molecule has 0 aliphatic rings. The highest BCUT2D eigenvalue weighted by Crippen LogP contribution is 2.17. The lowest BCUT2D eigenvalue weighted by Gasteiger charge is -2.11. The molecule has 0 bridgehead atoms. The smallest absolute Gasteiger partial charge is 0.189 e.